The molecule has 0 aliphatic heterocycles. The van der Waals surface area contributed by atoms with Gasteiger partial charge in [0, 0.05) is 5.92 Å². The Labute approximate surface area is 76.1 Å². The Hall–Kier alpha value is 0.610. The number of hydrogen-bond donors (Lipinski definition) is 0. The van der Waals surface area contributed by atoms with Crippen LogP contribution in [-0.4, -0.2) is 3.79 Å². The smallest absolute Gasteiger partial charge is 0.0885 e. The predicted molar refractivity (Wildman–Crippen MR) is 46.8 cm³/mol. The Kier molecular flexibility index (Phi) is 2.91. The van der Waals surface area contributed by atoms with Gasteiger partial charge in [0.25, 0.3) is 0 Å². The van der Waals surface area contributed by atoms with Gasteiger partial charge in [-0.25, -0.2) is 0 Å². The molecule has 0 saturated carbocycles. The lowest BCUT2D eigenvalue weighted by atomic mass is 9.96. The van der Waals surface area contributed by atoms with Crippen LogP contribution in [0.25, 0.3) is 0 Å². The van der Waals surface area contributed by atoms with Crippen LogP contribution >= 0.6 is 34.8 Å². The van der Waals surface area contributed by atoms with Crippen LogP contribution in [-0.2, 0) is 0 Å². The SMILES string of the molecule is ClC(Cl)(Cl)C1CC=CCC1. The third-order valence-electron chi connectivity index (χ3n) is 1.73. The van der Waals surface area contributed by atoms with Crippen molar-refractivity contribution in [3.63, 3.8) is 0 Å². The summed E-state index contributed by atoms with van der Waals surface area (Å²) in [6.07, 6.45) is 7.14. The Balaban J connectivity index is 2.49. The number of rotatable bonds is 0. The minimum atomic E-state index is -1.06. The standard InChI is InChI=1S/C7H9Cl3/c8-7(9,10)6-4-2-1-3-5-6/h1-2,6H,3-5H2. The van der Waals surface area contributed by atoms with Crippen molar-refractivity contribution in [1.29, 1.82) is 0 Å². The van der Waals surface area contributed by atoms with E-state index in [0.717, 1.165) is 19.3 Å². The van der Waals surface area contributed by atoms with E-state index in [2.05, 4.69) is 12.2 Å². The number of halogens is 3. The van der Waals surface area contributed by atoms with Gasteiger partial charge in [-0.15, -0.1) is 0 Å². The van der Waals surface area contributed by atoms with Crippen molar-refractivity contribution in [2.75, 3.05) is 0 Å². The zero-order valence-corrected chi connectivity index (χ0v) is 7.76. The maximum atomic E-state index is 5.71. The first-order valence-corrected chi connectivity index (χ1v) is 4.46. The molecule has 0 heterocycles. The predicted octanol–water partition coefficient (Wildman–Crippen LogP) is 3.71. The largest absolute Gasteiger partial charge is 0.193 e. The first-order valence-electron chi connectivity index (χ1n) is 3.32. The maximum absolute atomic E-state index is 5.71. The average molecular weight is 200 g/mol. The van der Waals surface area contributed by atoms with Crippen molar-refractivity contribution in [3.05, 3.63) is 12.2 Å². The molecule has 3 heteroatoms. The minimum absolute atomic E-state index is 0.211. The molecule has 0 N–H and O–H groups in total. The van der Waals surface area contributed by atoms with Crippen LogP contribution in [0.4, 0.5) is 0 Å². The lowest BCUT2D eigenvalue weighted by molar-refractivity contribution is 0.489. The molecule has 0 bridgehead atoms. The van der Waals surface area contributed by atoms with Crippen LogP contribution in [0.5, 0.6) is 0 Å². The normalized spacial score (nSPS) is 26.9. The lowest BCUT2D eigenvalue weighted by Crippen LogP contribution is -2.19. The van der Waals surface area contributed by atoms with Crippen molar-refractivity contribution in [3.8, 4) is 0 Å². The fourth-order valence-electron chi connectivity index (χ4n) is 1.09. The van der Waals surface area contributed by atoms with E-state index >= 15 is 0 Å². The van der Waals surface area contributed by atoms with Crippen molar-refractivity contribution < 1.29 is 0 Å². The van der Waals surface area contributed by atoms with Crippen molar-refractivity contribution >= 4 is 34.8 Å². The summed E-state index contributed by atoms with van der Waals surface area (Å²) in [6.45, 7) is 0. The maximum Gasteiger partial charge on any atom is 0.193 e. The molecule has 1 unspecified atom stereocenters. The summed E-state index contributed by atoms with van der Waals surface area (Å²) in [4.78, 5) is 0. The lowest BCUT2D eigenvalue weighted by Gasteiger charge is -2.24. The van der Waals surface area contributed by atoms with Gasteiger partial charge in [0.05, 0.1) is 0 Å². The number of allylic oxidation sites excluding steroid dienone is 2. The van der Waals surface area contributed by atoms with Gasteiger partial charge in [0.15, 0.2) is 3.79 Å². The number of hydrogen-bond acceptors (Lipinski definition) is 0. The molecule has 0 spiro atoms. The molecule has 0 aromatic rings. The van der Waals surface area contributed by atoms with Gasteiger partial charge in [-0.05, 0) is 19.3 Å². The highest BCUT2D eigenvalue weighted by atomic mass is 35.6. The van der Waals surface area contributed by atoms with Gasteiger partial charge in [-0.3, -0.25) is 0 Å². The zero-order chi connectivity index (χ0) is 7.61. The fraction of sp³-hybridized carbons (Fsp3) is 0.714. The van der Waals surface area contributed by atoms with E-state index in [0.29, 0.717) is 0 Å². The molecule has 1 rings (SSSR count). The molecule has 0 fully saturated rings. The van der Waals surface area contributed by atoms with E-state index in [-0.39, 0.29) is 5.92 Å². The number of alkyl halides is 3. The summed E-state index contributed by atoms with van der Waals surface area (Å²) in [5.74, 6) is 0.211. The van der Waals surface area contributed by atoms with Crippen molar-refractivity contribution in [1.82, 2.24) is 0 Å². The van der Waals surface area contributed by atoms with E-state index in [9.17, 15) is 0 Å². The second-order valence-corrected chi connectivity index (χ2v) is 4.89. The fourth-order valence-corrected chi connectivity index (χ4v) is 1.69. The third kappa shape index (κ3) is 2.34. The van der Waals surface area contributed by atoms with Gasteiger partial charge < -0.3 is 0 Å². The molecule has 0 nitrogen and oxygen atoms in total. The summed E-state index contributed by atoms with van der Waals surface area (Å²) in [7, 11) is 0. The highest BCUT2D eigenvalue weighted by molar-refractivity contribution is 6.67. The molecule has 10 heavy (non-hydrogen) atoms. The summed E-state index contributed by atoms with van der Waals surface area (Å²) >= 11 is 17.1. The Morgan fingerprint density at radius 1 is 1.20 bits per heavy atom. The average Bonchev–Trinajstić information content (AvgIpc) is 1.88. The molecule has 0 amide bonds. The van der Waals surface area contributed by atoms with E-state index in [1.165, 1.54) is 0 Å². The summed E-state index contributed by atoms with van der Waals surface area (Å²) in [5, 5.41) is 0. The molecule has 0 saturated heterocycles. The summed E-state index contributed by atoms with van der Waals surface area (Å²) in [5.41, 5.74) is 0. The minimum Gasteiger partial charge on any atom is -0.0885 e. The summed E-state index contributed by atoms with van der Waals surface area (Å²) in [6, 6.07) is 0. The van der Waals surface area contributed by atoms with Gasteiger partial charge in [-0.2, -0.15) is 0 Å². The van der Waals surface area contributed by atoms with Crippen LogP contribution in [0.2, 0.25) is 0 Å². The third-order valence-corrected chi connectivity index (χ3v) is 2.66. The Morgan fingerprint density at radius 3 is 2.20 bits per heavy atom. The van der Waals surface area contributed by atoms with Crippen molar-refractivity contribution in [2.45, 2.75) is 23.1 Å². The molecular weight excluding hydrogens is 190 g/mol. The molecule has 0 aromatic heterocycles. The first kappa shape index (κ1) is 8.70. The molecule has 1 aliphatic rings. The molecular formula is C7H9Cl3. The van der Waals surface area contributed by atoms with Crippen LogP contribution < -0.4 is 0 Å². The van der Waals surface area contributed by atoms with E-state index < -0.39 is 3.79 Å². The van der Waals surface area contributed by atoms with Crippen molar-refractivity contribution in [2.24, 2.45) is 5.92 Å². The van der Waals surface area contributed by atoms with Gasteiger partial charge in [0.1, 0.15) is 0 Å². The second kappa shape index (κ2) is 3.34. The Bertz CT molecular complexity index is 134. The topological polar surface area (TPSA) is 0 Å². The summed E-state index contributed by atoms with van der Waals surface area (Å²) < 4.78 is -1.06. The van der Waals surface area contributed by atoms with Crippen LogP contribution in [0.15, 0.2) is 12.2 Å². The van der Waals surface area contributed by atoms with Crippen LogP contribution in [0.3, 0.4) is 0 Å². The first-order chi connectivity index (χ1) is 4.61. The molecule has 58 valence electrons. The molecule has 1 atom stereocenters. The monoisotopic (exact) mass is 198 g/mol. The van der Waals surface area contributed by atoms with E-state index in [4.69, 9.17) is 34.8 Å². The zero-order valence-electron chi connectivity index (χ0n) is 5.49. The van der Waals surface area contributed by atoms with Gasteiger partial charge in [-0.1, -0.05) is 47.0 Å². The van der Waals surface area contributed by atoms with Gasteiger partial charge >= 0.3 is 0 Å². The molecule has 0 aromatic carbocycles. The highest BCUT2D eigenvalue weighted by Crippen LogP contribution is 2.41. The quantitative estimate of drug-likeness (QED) is 0.412. The second-order valence-electron chi connectivity index (χ2n) is 2.52. The molecule has 1 aliphatic carbocycles. The van der Waals surface area contributed by atoms with Crippen LogP contribution in [0, 0.1) is 5.92 Å². The Morgan fingerprint density at radius 2 is 1.90 bits per heavy atom. The van der Waals surface area contributed by atoms with E-state index in [1.54, 1.807) is 0 Å². The highest BCUT2D eigenvalue weighted by Gasteiger charge is 2.31. The van der Waals surface area contributed by atoms with E-state index in [1.807, 2.05) is 0 Å². The van der Waals surface area contributed by atoms with Gasteiger partial charge in [0.2, 0.25) is 0 Å². The molecule has 0 radical (unpaired) electrons. The van der Waals surface area contributed by atoms with Crippen LogP contribution in [0.1, 0.15) is 19.3 Å².